The molecule has 2 aromatic rings. The number of anilines is 1. The van der Waals surface area contributed by atoms with Gasteiger partial charge in [0.1, 0.15) is 12.4 Å². The first-order valence-electron chi connectivity index (χ1n) is 5.31. The lowest BCUT2D eigenvalue weighted by molar-refractivity contribution is 0.102. The number of carbonyl (C=O) groups excluding carboxylic acids is 1. The maximum Gasteiger partial charge on any atom is 0.260 e. The third-order valence-electron chi connectivity index (χ3n) is 2.18. The van der Waals surface area contributed by atoms with Crippen LogP contribution in [-0.2, 0) is 0 Å². The molecule has 0 spiro atoms. The monoisotopic (exact) mass is 276 g/mol. The number of carbonyl (C=O) groups is 1. The molecule has 1 heterocycles. The summed E-state index contributed by atoms with van der Waals surface area (Å²) in [6.45, 7) is -0.298. The Kier molecular flexibility index (Phi) is 4.23. The van der Waals surface area contributed by atoms with Gasteiger partial charge in [-0.25, -0.2) is 9.37 Å². The number of nitrogens with zero attached hydrogens (tertiary/aromatic N) is 1. The van der Waals surface area contributed by atoms with Crippen molar-refractivity contribution < 1.29 is 14.3 Å². The van der Waals surface area contributed by atoms with Gasteiger partial charge in [0.2, 0.25) is 0 Å². The maximum absolute atomic E-state index is 13.7. The minimum absolute atomic E-state index is 0.0789. The van der Waals surface area contributed by atoms with Crippen LogP contribution < -0.4 is 5.32 Å². The summed E-state index contributed by atoms with van der Waals surface area (Å²) in [4.78, 5) is 15.7. The number of hydrogen-bond donors (Lipinski definition) is 2. The quantitative estimate of drug-likeness (QED) is 0.823. The van der Waals surface area contributed by atoms with Gasteiger partial charge < -0.3 is 5.11 Å². The van der Waals surface area contributed by atoms with E-state index in [1.165, 1.54) is 23.5 Å². The minimum Gasteiger partial charge on any atom is -0.384 e. The third kappa shape index (κ3) is 3.37. The average Bonchev–Trinajstić information content (AvgIpc) is 2.89. The maximum atomic E-state index is 13.7. The fourth-order valence-electron chi connectivity index (χ4n) is 1.37. The van der Waals surface area contributed by atoms with E-state index in [4.69, 9.17) is 5.11 Å². The summed E-state index contributed by atoms with van der Waals surface area (Å²) in [6, 6.07) is 4.02. The van der Waals surface area contributed by atoms with Crippen LogP contribution in [0.2, 0.25) is 0 Å². The molecule has 0 aliphatic rings. The standard InChI is InChI=1S/C13H9FN2O2S/c14-11-8-9(2-1-6-17)3-4-10(11)12(18)16-13-15-5-7-19-13/h3-5,7-8,17H,6H2,(H,15,16,18). The van der Waals surface area contributed by atoms with Crippen LogP contribution >= 0.6 is 11.3 Å². The number of amides is 1. The number of rotatable bonds is 2. The second kappa shape index (κ2) is 6.09. The molecule has 0 saturated heterocycles. The van der Waals surface area contributed by atoms with Gasteiger partial charge in [-0.1, -0.05) is 11.8 Å². The van der Waals surface area contributed by atoms with Crippen LogP contribution in [0, 0.1) is 17.7 Å². The van der Waals surface area contributed by atoms with Crippen LogP contribution in [0.4, 0.5) is 9.52 Å². The van der Waals surface area contributed by atoms with Crippen molar-refractivity contribution in [1.82, 2.24) is 4.98 Å². The number of aliphatic hydroxyl groups excluding tert-OH is 1. The zero-order valence-electron chi connectivity index (χ0n) is 9.68. The Morgan fingerprint density at radius 1 is 1.53 bits per heavy atom. The number of hydrogen-bond acceptors (Lipinski definition) is 4. The normalized spacial score (nSPS) is 9.58. The molecular weight excluding hydrogens is 267 g/mol. The number of aromatic nitrogens is 1. The first-order valence-corrected chi connectivity index (χ1v) is 6.19. The first-order chi connectivity index (χ1) is 9.20. The van der Waals surface area contributed by atoms with Crippen molar-refractivity contribution >= 4 is 22.4 Å². The number of halogens is 1. The average molecular weight is 276 g/mol. The largest absolute Gasteiger partial charge is 0.384 e. The second-order valence-corrected chi connectivity index (χ2v) is 4.34. The third-order valence-corrected chi connectivity index (χ3v) is 2.87. The van der Waals surface area contributed by atoms with E-state index in [0.29, 0.717) is 10.7 Å². The summed E-state index contributed by atoms with van der Waals surface area (Å²) in [6.07, 6.45) is 1.55. The van der Waals surface area contributed by atoms with Crippen LogP contribution in [0.15, 0.2) is 29.8 Å². The molecule has 0 atom stereocenters. The molecule has 2 rings (SSSR count). The van der Waals surface area contributed by atoms with Crippen molar-refractivity contribution in [1.29, 1.82) is 0 Å². The highest BCUT2D eigenvalue weighted by atomic mass is 32.1. The molecule has 1 amide bonds. The fourth-order valence-corrected chi connectivity index (χ4v) is 1.89. The predicted octanol–water partition coefficient (Wildman–Crippen LogP) is 1.88. The topological polar surface area (TPSA) is 62.2 Å². The summed E-state index contributed by atoms with van der Waals surface area (Å²) in [5.74, 6) is 3.74. The molecule has 0 aliphatic carbocycles. The molecule has 19 heavy (non-hydrogen) atoms. The lowest BCUT2D eigenvalue weighted by Gasteiger charge is -2.03. The summed E-state index contributed by atoms with van der Waals surface area (Å²) >= 11 is 1.25. The van der Waals surface area contributed by atoms with E-state index < -0.39 is 11.7 Å². The molecule has 1 aromatic carbocycles. The van der Waals surface area contributed by atoms with E-state index in [9.17, 15) is 9.18 Å². The van der Waals surface area contributed by atoms with Crippen molar-refractivity contribution in [2.45, 2.75) is 0 Å². The fraction of sp³-hybridized carbons (Fsp3) is 0.0769. The van der Waals surface area contributed by atoms with E-state index in [2.05, 4.69) is 22.1 Å². The van der Waals surface area contributed by atoms with Crippen molar-refractivity contribution in [3.63, 3.8) is 0 Å². The summed E-state index contributed by atoms with van der Waals surface area (Å²) < 4.78 is 13.7. The van der Waals surface area contributed by atoms with E-state index >= 15 is 0 Å². The molecule has 6 heteroatoms. The van der Waals surface area contributed by atoms with Crippen molar-refractivity contribution in [2.75, 3.05) is 11.9 Å². The highest BCUT2D eigenvalue weighted by Gasteiger charge is 2.12. The van der Waals surface area contributed by atoms with Gasteiger partial charge >= 0.3 is 0 Å². The molecule has 0 radical (unpaired) electrons. The zero-order chi connectivity index (χ0) is 13.7. The first kappa shape index (κ1) is 13.2. The second-order valence-electron chi connectivity index (χ2n) is 3.45. The van der Waals surface area contributed by atoms with Gasteiger partial charge in [0, 0.05) is 17.1 Å². The molecule has 0 unspecified atom stereocenters. The van der Waals surface area contributed by atoms with Crippen molar-refractivity contribution in [3.05, 3.63) is 46.7 Å². The summed E-state index contributed by atoms with van der Waals surface area (Å²) in [7, 11) is 0. The number of aliphatic hydroxyl groups is 1. The Hall–Kier alpha value is -2.23. The van der Waals surface area contributed by atoms with Crippen LogP contribution in [0.25, 0.3) is 0 Å². The van der Waals surface area contributed by atoms with Gasteiger partial charge in [0.05, 0.1) is 5.56 Å². The van der Waals surface area contributed by atoms with E-state index in [1.807, 2.05) is 0 Å². The predicted molar refractivity (Wildman–Crippen MR) is 70.4 cm³/mol. The Labute approximate surface area is 112 Å². The van der Waals surface area contributed by atoms with Gasteiger partial charge in [-0.15, -0.1) is 11.3 Å². The minimum atomic E-state index is -0.668. The van der Waals surface area contributed by atoms with E-state index in [0.717, 1.165) is 6.07 Å². The molecule has 96 valence electrons. The van der Waals surface area contributed by atoms with Gasteiger partial charge in [-0.2, -0.15) is 0 Å². The van der Waals surface area contributed by atoms with E-state index in [1.54, 1.807) is 11.6 Å². The molecular formula is C13H9FN2O2S. The van der Waals surface area contributed by atoms with Crippen molar-refractivity contribution in [2.24, 2.45) is 0 Å². The van der Waals surface area contributed by atoms with Gasteiger partial charge in [0.25, 0.3) is 5.91 Å². The molecule has 2 N–H and O–H groups in total. The Morgan fingerprint density at radius 2 is 2.37 bits per heavy atom. The van der Waals surface area contributed by atoms with Crippen LogP contribution in [0.5, 0.6) is 0 Å². The molecule has 4 nitrogen and oxygen atoms in total. The summed E-state index contributed by atoms with van der Waals surface area (Å²) in [5, 5.41) is 13.2. The molecule has 0 saturated carbocycles. The molecule has 0 fully saturated rings. The highest BCUT2D eigenvalue weighted by Crippen LogP contribution is 2.15. The van der Waals surface area contributed by atoms with E-state index in [-0.39, 0.29) is 12.2 Å². The SMILES string of the molecule is O=C(Nc1nccs1)c1ccc(C#CCO)cc1F. The Morgan fingerprint density at radius 3 is 3.00 bits per heavy atom. The van der Waals surface area contributed by atoms with Gasteiger partial charge in [0.15, 0.2) is 5.13 Å². The lowest BCUT2D eigenvalue weighted by atomic mass is 10.1. The highest BCUT2D eigenvalue weighted by molar-refractivity contribution is 7.13. The number of thiazole rings is 1. The smallest absolute Gasteiger partial charge is 0.260 e. The summed E-state index contributed by atoms with van der Waals surface area (Å²) in [5.41, 5.74) is 0.321. The zero-order valence-corrected chi connectivity index (χ0v) is 10.5. The van der Waals surface area contributed by atoms with Crippen LogP contribution in [-0.4, -0.2) is 22.6 Å². The Bertz CT molecular complexity index is 644. The lowest BCUT2D eigenvalue weighted by Crippen LogP contribution is -2.13. The number of nitrogens with one attached hydrogen (secondary N) is 1. The number of benzene rings is 1. The van der Waals surface area contributed by atoms with Crippen LogP contribution in [0.3, 0.4) is 0 Å². The van der Waals surface area contributed by atoms with Gasteiger partial charge in [-0.05, 0) is 18.2 Å². The Balaban J connectivity index is 2.18. The van der Waals surface area contributed by atoms with Crippen LogP contribution in [0.1, 0.15) is 15.9 Å². The molecule has 1 aromatic heterocycles. The van der Waals surface area contributed by atoms with Crippen molar-refractivity contribution in [3.8, 4) is 11.8 Å². The van der Waals surface area contributed by atoms with Gasteiger partial charge in [-0.3, -0.25) is 10.1 Å². The molecule has 0 bridgehead atoms. The molecule has 0 aliphatic heterocycles.